The highest BCUT2D eigenvalue weighted by atomic mass is 32.1. The standard InChI is InChI=1S/C16H15FN2OS/c17-13-4-1-3-12(11-13)8-10-19-16(20)15-7-6-14(21-15)5-2-9-18/h1,3-4,6-7,11H,8-10,18H2,(H,19,20). The molecule has 0 saturated carbocycles. The molecule has 0 unspecified atom stereocenters. The van der Waals surface area contributed by atoms with Gasteiger partial charge in [-0.15, -0.1) is 11.3 Å². The highest BCUT2D eigenvalue weighted by molar-refractivity contribution is 7.14. The van der Waals surface area contributed by atoms with E-state index in [1.165, 1.54) is 23.5 Å². The minimum absolute atomic E-state index is 0.141. The largest absolute Gasteiger partial charge is 0.351 e. The van der Waals surface area contributed by atoms with Gasteiger partial charge in [-0.25, -0.2) is 4.39 Å². The zero-order valence-corrected chi connectivity index (χ0v) is 12.2. The molecule has 1 amide bonds. The molecule has 108 valence electrons. The Morgan fingerprint density at radius 1 is 1.33 bits per heavy atom. The topological polar surface area (TPSA) is 55.1 Å². The van der Waals surface area contributed by atoms with Gasteiger partial charge in [0.1, 0.15) is 5.82 Å². The molecule has 1 aromatic carbocycles. The van der Waals surface area contributed by atoms with Crippen LogP contribution in [-0.4, -0.2) is 19.0 Å². The van der Waals surface area contributed by atoms with Gasteiger partial charge in [-0.1, -0.05) is 24.0 Å². The van der Waals surface area contributed by atoms with Crippen LogP contribution in [0, 0.1) is 17.7 Å². The average Bonchev–Trinajstić information content (AvgIpc) is 2.94. The Kier molecular flexibility index (Phi) is 5.50. The van der Waals surface area contributed by atoms with Gasteiger partial charge >= 0.3 is 0 Å². The van der Waals surface area contributed by atoms with Gasteiger partial charge < -0.3 is 11.1 Å². The number of hydrogen-bond acceptors (Lipinski definition) is 3. The van der Waals surface area contributed by atoms with Gasteiger partial charge in [0.15, 0.2) is 0 Å². The van der Waals surface area contributed by atoms with Crippen LogP contribution in [-0.2, 0) is 6.42 Å². The Morgan fingerprint density at radius 3 is 2.95 bits per heavy atom. The lowest BCUT2D eigenvalue weighted by molar-refractivity contribution is 0.0958. The molecule has 3 nitrogen and oxygen atoms in total. The van der Waals surface area contributed by atoms with Crippen molar-refractivity contribution in [3.8, 4) is 11.8 Å². The van der Waals surface area contributed by atoms with Crippen molar-refractivity contribution in [3.63, 3.8) is 0 Å². The van der Waals surface area contributed by atoms with Gasteiger partial charge in [-0.05, 0) is 36.2 Å². The minimum Gasteiger partial charge on any atom is -0.351 e. The lowest BCUT2D eigenvalue weighted by Crippen LogP contribution is -2.24. The summed E-state index contributed by atoms with van der Waals surface area (Å²) in [5, 5.41) is 2.81. The maximum Gasteiger partial charge on any atom is 0.261 e. The third-order valence-electron chi connectivity index (χ3n) is 2.73. The summed E-state index contributed by atoms with van der Waals surface area (Å²) in [6.45, 7) is 0.761. The molecule has 1 aromatic heterocycles. The van der Waals surface area contributed by atoms with Crippen molar-refractivity contribution in [1.82, 2.24) is 5.32 Å². The molecule has 0 atom stereocenters. The summed E-state index contributed by atoms with van der Waals surface area (Å²) in [6, 6.07) is 9.90. The summed E-state index contributed by atoms with van der Waals surface area (Å²) < 4.78 is 13.0. The van der Waals surface area contributed by atoms with E-state index in [1.54, 1.807) is 18.2 Å². The van der Waals surface area contributed by atoms with Crippen molar-refractivity contribution in [2.45, 2.75) is 6.42 Å². The molecule has 0 saturated heterocycles. The highest BCUT2D eigenvalue weighted by Crippen LogP contribution is 2.15. The number of thiophene rings is 1. The first-order valence-corrected chi connectivity index (χ1v) is 7.32. The average molecular weight is 302 g/mol. The van der Waals surface area contributed by atoms with E-state index in [0.717, 1.165) is 10.4 Å². The van der Waals surface area contributed by atoms with E-state index in [0.29, 0.717) is 24.4 Å². The van der Waals surface area contributed by atoms with Gasteiger partial charge in [0.25, 0.3) is 5.91 Å². The van der Waals surface area contributed by atoms with Crippen LogP contribution in [0.5, 0.6) is 0 Å². The zero-order valence-electron chi connectivity index (χ0n) is 11.4. The second-order valence-corrected chi connectivity index (χ2v) is 5.39. The first-order chi connectivity index (χ1) is 10.2. The number of benzene rings is 1. The quantitative estimate of drug-likeness (QED) is 0.851. The SMILES string of the molecule is NCC#Cc1ccc(C(=O)NCCc2cccc(F)c2)s1. The summed E-state index contributed by atoms with van der Waals surface area (Å²) in [7, 11) is 0. The molecule has 3 N–H and O–H groups in total. The fourth-order valence-electron chi connectivity index (χ4n) is 1.77. The number of amides is 1. The molecule has 1 heterocycles. The Morgan fingerprint density at radius 2 is 2.19 bits per heavy atom. The summed E-state index contributed by atoms with van der Waals surface area (Å²) in [5.41, 5.74) is 6.16. The predicted molar refractivity (Wildman–Crippen MR) is 82.7 cm³/mol. The van der Waals surface area contributed by atoms with Crippen LogP contribution in [0.4, 0.5) is 4.39 Å². The fourth-order valence-corrected chi connectivity index (χ4v) is 2.56. The van der Waals surface area contributed by atoms with Crippen LogP contribution in [0.25, 0.3) is 0 Å². The third-order valence-corrected chi connectivity index (χ3v) is 3.73. The smallest absolute Gasteiger partial charge is 0.261 e. The van der Waals surface area contributed by atoms with E-state index in [1.807, 2.05) is 6.07 Å². The summed E-state index contributed by atoms with van der Waals surface area (Å²) >= 11 is 1.33. The van der Waals surface area contributed by atoms with Gasteiger partial charge in [-0.3, -0.25) is 4.79 Å². The second-order valence-electron chi connectivity index (χ2n) is 4.31. The molecule has 0 aliphatic carbocycles. The lowest BCUT2D eigenvalue weighted by Gasteiger charge is -2.04. The summed E-state index contributed by atoms with van der Waals surface area (Å²) in [6.07, 6.45) is 0.592. The zero-order chi connectivity index (χ0) is 15.1. The third kappa shape index (κ3) is 4.71. The summed E-state index contributed by atoms with van der Waals surface area (Å²) in [5.74, 6) is 5.23. The Labute approximate surface area is 127 Å². The van der Waals surface area contributed by atoms with Crippen molar-refractivity contribution < 1.29 is 9.18 Å². The molecular weight excluding hydrogens is 287 g/mol. The van der Waals surface area contributed by atoms with Crippen LogP contribution >= 0.6 is 11.3 Å². The first kappa shape index (κ1) is 15.2. The second kappa shape index (κ2) is 7.58. The van der Waals surface area contributed by atoms with Crippen LogP contribution in [0.1, 0.15) is 20.1 Å². The van der Waals surface area contributed by atoms with E-state index in [2.05, 4.69) is 17.2 Å². The van der Waals surface area contributed by atoms with Gasteiger partial charge in [0.05, 0.1) is 16.3 Å². The molecule has 2 rings (SSSR count). The van der Waals surface area contributed by atoms with Crippen molar-refractivity contribution in [1.29, 1.82) is 0 Å². The lowest BCUT2D eigenvalue weighted by atomic mass is 10.1. The van der Waals surface area contributed by atoms with Crippen LogP contribution in [0.15, 0.2) is 36.4 Å². The molecule has 0 spiro atoms. The molecule has 5 heteroatoms. The highest BCUT2D eigenvalue weighted by Gasteiger charge is 2.07. The first-order valence-electron chi connectivity index (χ1n) is 6.50. The number of nitrogens with two attached hydrogens (primary N) is 1. The molecule has 0 aliphatic heterocycles. The van der Waals surface area contributed by atoms with Crippen molar-refractivity contribution in [2.75, 3.05) is 13.1 Å². The molecule has 0 aliphatic rings. The van der Waals surface area contributed by atoms with Gasteiger partial charge in [0.2, 0.25) is 0 Å². The number of carbonyl (C=O) groups is 1. The van der Waals surface area contributed by atoms with Gasteiger partial charge in [0, 0.05) is 6.54 Å². The Bertz CT molecular complexity index is 685. The maximum absolute atomic E-state index is 13.0. The van der Waals surface area contributed by atoms with Crippen molar-refractivity contribution in [2.24, 2.45) is 5.73 Å². The number of carbonyl (C=O) groups excluding carboxylic acids is 1. The number of rotatable bonds is 4. The van der Waals surface area contributed by atoms with Crippen LogP contribution in [0.2, 0.25) is 0 Å². The number of nitrogens with one attached hydrogen (secondary N) is 1. The number of hydrogen-bond donors (Lipinski definition) is 2. The van der Waals surface area contributed by atoms with Crippen LogP contribution in [0.3, 0.4) is 0 Å². The monoisotopic (exact) mass is 302 g/mol. The normalized spacial score (nSPS) is 9.81. The minimum atomic E-state index is -0.264. The van der Waals surface area contributed by atoms with Crippen molar-refractivity contribution >= 4 is 17.2 Å². The van der Waals surface area contributed by atoms with E-state index in [-0.39, 0.29) is 11.7 Å². The van der Waals surface area contributed by atoms with Gasteiger partial charge in [-0.2, -0.15) is 0 Å². The Hall–Kier alpha value is -2.16. The van der Waals surface area contributed by atoms with E-state index in [4.69, 9.17) is 5.73 Å². The van der Waals surface area contributed by atoms with E-state index in [9.17, 15) is 9.18 Å². The number of halogens is 1. The molecule has 2 aromatic rings. The molecular formula is C16H15FN2OS. The molecule has 21 heavy (non-hydrogen) atoms. The summed E-state index contributed by atoms with van der Waals surface area (Å²) in [4.78, 5) is 13.4. The predicted octanol–water partition coefficient (Wildman–Crippen LogP) is 2.17. The molecule has 0 fully saturated rings. The molecule has 0 bridgehead atoms. The maximum atomic E-state index is 13.0. The molecule has 0 radical (unpaired) electrons. The van der Waals surface area contributed by atoms with E-state index >= 15 is 0 Å². The fraction of sp³-hybridized carbons (Fsp3) is 0.188. The van der Waals surface area contributed by atoms with E-state index < -0.39 is 0 Å². The Balaban J connectivity index is 1.86. The van der Waals surface area contributed by atoms with Crippen LogP contribution < -0.4 is 11.1 Å². The van der Waals surface area contributed by atoms with Crippen molar-refractivity contribution in [3.05, 3.63) is 57.5 Å².